The van der Waals surface area contributed by atoms with Crippen LogP contribution in [-0.2, 0) is 6.54 Å². The lowest BCUT2D eigenvalue weighted by Crippen LogP contribution is -2.12. The van der Waals surface area contributed by atoms with Crippen molar-refractivity contribution in [3.05, 3.63) is 65.7 Å². The smallest absolute Gasteiger partial charge is 0.123 e. The molecule has 0 bridgehead atoms. The maximum absolute atomic E-state index is 13.1. The monoisotopic (exact) mass is 324 g/mol. The number of hydrogen-bond donors (Lipinski definition) is 3. The van der Waals surface area contributed by atoms with Gasteiger partial charge in [0.05, 0.1) is 17.1 Å². The van der Waals surface area contributed by atoms with Crippen molar-refractivity contribution in [3.63, 3.8) is 0 Å². The highest BCUT2D eigenvalue weighted by molar-refractivity contribution is 6.06. The summed E-state index contributed by atoms with van der Waals surface area (Å²) in [4.78, 5) is 4.56. The molecule has 0 unspecified atom stereocenters. The molecule has 4 nitrogen and oxygen atoms in total. The standard InChI is InChI=1S/C19H21FN4/c20-16-6-3-14(4-7-16)18-8-5-15(11-21)19(24-18)17(22)9-10-23-12-13-1-2-13/h3-10,13,22-23H,1-2,11-12,21H2/b10-9-,22-17?. The van der Waals surface area contributed by atoms with Crippen LogP contribution in [0.1, 0.15) is 24.1 Å². The third-order valence-electron chi connectivity index (χ3n) is 4.07. The van der Waals surface area contributed by atoms with Crippen LogP contribution in [0.4, 0.5) is 4.39 Å². The summed E-state index contributed by atoms with van der Waals surface area (Å²) < 4.78 is 13.1. The predicted octanol–water partition coefficient (Wildman–Crippen LogP) is 3.23. The molecule has 1 saturated carbocycles. The minimum atomic E-state index is -0.282. The molecule has 124 valence electrons. The van der Waals surface area contributed by atoms with Crippen LogP contribution in [0.15, 0.2) is 48.7 Å². The third-order valence-corrected chi connectivity index (χ3v) is 4.07. The van der Waals surface area contributed by atoms with Crippen LogP contribution in [0.5, 0.6) is 0 Å². The van der Waals surface area contributed by atoms with Crippen LogP contribution < -0.4 is 11.1 Å². The summed E-state index contributed by atoms with van der Waals surface area (Å²) in [5, 5.41) is 11.5. The first-order valence-electron chi connectivity index (χ1n) is 8.12. The predicted molar refractivity (Wildman–Crippen MR) is 94.2 cm³/mol. The van der Waals surface area contributed by atoms with Crippen LogP contribution in [-0.4, -0.2) is 17.2 Å². The van der Waals surface area contributed by atoms with Crippen LogP contribution in [0.25, 0.3) is 11.3 Å². The molecule has 1 aliphatic rings. The van der Waals surface area contributed by atoms with E-state index in [1.54, 1.807) is 24.4 Å². The van der Waals surface area contributed by atoms with Gasteiger partial charge in [0, 0.05) is 18.7 Å². The first-order chi connectivity index (χ1) is 11.7. The van der Waals surface area contributed by atoms with Crippen molar-refractivity contribution in [1.82, 2.24) is 10.3 Å². The van der Waals surface area contributed by atoms with E-state index in [1.807, 2.05) is 12.1 Å². The van der Waals surface area contributed by atoms with Gasteiger partial charge in [-0.05, 0) is 66.9 Å². The first-order valence-corrected chi connectivity index (χ1v) is 8.12. The number of hydrogen-bond acceptors (Lipinski definition) is 4. The summed E-state index contributed by atoms with van der Waals surface area (Å²) in [5.41, 5.74) is 8.97. The second-order valence-corrected chi connectivity index (χ2v) is 6.01. The Labute approximate surface area is 141 Å². The summed E-state index contributed by atoms with van der Waals surface area (Å²) >= 11 is 0. The quantitative estimate of drug-likeness (QED) is 0.685. The minimum absolute atomic E-state index is 0.282. The first kappa shape index (κ1) is 16.3. The number of halogens is 1. The maximum atomic E-state index is 13.1. The van der Waals surface area contributed by atoms with Crippen molar-refractivity contribution < 1.29 is 4.39 Å². The largest absolute Gasteiger partial charge is 0.391 e. The van der Waals surface area contributed by atoms with Gasteiger partial charge < -0.3 is 11.1 Å². The number of allylic oxidation sites excluding steroid dienone is 1. The van der Waals surface area contributed by atoms with Gasteiger partial charge in [-0.2, -0.15) is 0 Å². The molecule has 1 heterocycles. The van der Waals surface area contributed by atoms with Crippen molar-refractivity contribution in [2.75, 3.05) is 6.54 Å². The van der Waals surface area contributed by atoms with Crippen LogP contribution in [0.2, 0.25) is 0 Å². The van der Waals surface area contributed by atoms with E-state index in [-0.39, 0.29) is 5.82 Å². The number of nitrogens with one attached hydrogen (secondary N) is 2. The fourth-order valence-electron chi connectivity index (χ4n) is 2.45. The average molecular weight is 324 g/mol. The SMILES string of the molecule is N=C(/C=C\NCC1CC1)c1nc(-c2ccc(F)cc2)ccc1CN. The van der Waals surface area contributed by atoms with Crippen molar-refractivity contribution in [2.24, 2.45) is 11.7 Å². The van der Waals surface area contributed by atoms with E-state index in [9.17, 15) is 4.39 Å². The molecule has 24 heavy (non-hydrogen) atoms. The zero-order chi connectivity index (χ0) is 16.9. The van der Waals surface area contributed by atoms with Crippen molar-refractivity contribution in [2.45, 2.75) is 19.4 Å². The van der Waals surface area contributed by atoms with Gasteiger partial charge >= 0.3 is 0 Å². The molecule has 0 spiro atoms. The Kier molecular flexibility index (Phi) is 5.01. The summed E-state index contributed by atoms with van der Waals surface area (Å²) in [7, 11) is 0. The Balaban J connectivity index is 1.80. The lowest BCUT2D eigenvalue weighted by Gasteiger charge is -2.09. The highest BCUT2D eigenvalue weighted by Crippen LogP contribution is 2.27. The lowest BCUT2D eigenvalue weighted by atomic mass is 10.1. The Morgan fingerprint density at radius 2 is 2.00 bits per heavy atom. The number of benzene rings is 1. The minimum Gasteiger partial charge on any atom is -0.391 e. The van der Waals surface area contributed by atoms with Gasteiger partial charge in [0.15, 0.2) is 0 Å². The zero-order valence-corrected chi connectivity index (χ0v) is 13.4. The van der Waals surface area contributed by atoms with E-state index in [2.05, 4.69) is 10.3 Å². The number of rotatable bonds is 7. The number of aromatic nitrogens is 1. The molecule has 0 saturated heterocycles. The summed E-state index contributed by atoms with van der Waals surface area (Å²) in [5.74, 6) is 0.498. The third kappa shape index (κ3) is 4.06. The second-order valence-electron chi connectivity index (χ2n) is 6.01. The molecule has 0 radical (unpaired) electrons. The highest BCUT2D eigenvalue weighted by atomic mass is 19.1. The summed E-state index contributed by atoms with van der Waals surface area (Å²) in [6, 6.07) is 9.89. The Hall–Kier alpha value is -2.53. The summed E-state index contributed by atoms with van der Waals surface area (Å²) in [6.45, 7) is 1.27. The molecule has 0 atom stereocenters. The Morgan fingerprint density at radius 1 is 1.25 bits per heavy atom. The maximum Gasteiger partial charge on any atom is 0.123 e. The normalized spacial score (nSPS) is 14.1. The molecule has 1 aliphatic carbocycles. The van der Waals surface area contributed by atoms with E-state index < -0.39 is 0 Å². The molecule has 0 aliphatic heterocycles. The molecule has 4 N–H and O–H groups in total. The van der Waals surface area contributed by atoms with Crippen molar-refractivity contribution in [3.8, 4) is 11.3 Å². The van der Waals surface area contributed by atoms with Gasteiger partial charge in [0.25, 0.3) is 0 Å². The fourth-order valence-corrected chi connectivity index (χ4v) is 2.45. The summed E-state index contributed by atoms with van der Waals surface area (Å²) in [6.07, 6.45) is 6.08. The Morgan fingerprint density at radius 3 is 2.67 bits per heavy atom. The average Bonchev–Trinajstić information content (AvgIpc) is 3.43. The van der Waals surface area contributed by atoms with Crippen LogP contribution in [0, 0.1) is 17.1 Å². The van der Waals surface area contributed by atoms with Gasteiger partial charge in [-0.3, -0.25) is 5.41 Å². The van der Waals surface area contributed by atoms with Crippen LogP contribution >= 0.6 is 0 Å². The molecule has 1 aromatic carbocycles. The van der Waals surface area contributed by atoms with E-state index in [1.165, 1.54) is 25.0 Å². The van der Waals surface area contributed by atoms with E-state index >= 15 is 0 Å². The molecule has 1 fully saturated rings. The lowest BCUT2D eigenvalue weighted by molar-refractivity contribution is 0.628. The molecule has 5 heteroatoms. The van der Waals surface area contributed by atoms with Gasteiger partial charge in [-0.15, -0.1) is 0 Å². The topological polar surface area (TPSA) is 74.8 Å². The highest BCUT2D eigenvalue weighted by Gasteiger charge is 2.19. The van der Waals surface area contributed by atoms with Gasteiger partial charge in [0.2, 0.25) is 0 Å². The van der Waals surface area contributed by atoms with E-state index in [0.717, 1.165) is 23.6 Å². The molecular weight excluding hydrogens is 303 g/mol. The fraction of sp³-hybridized carbons (Fsp3) is 0.263. The van der Waals surface area contributed by atoms with E-state index in [0.29, 0.717) is 23.6 Å². The van der Waals surface area contributed by atoms with Gasteiger partial charge in [-0.25, -0.2) is 9.37 Å². The second kappa shape index (κ2) is 7.36. The van der Waals surface area contributed by atoms with Crippen LogP contribution in [0.3, 0.4) is 0 Å². The number of nitrogens with zero attached hydrogens (tertiary/aromatic N) is 1. The number of pyridine rings is 1. The molecule has 3 rings (SSSR count). The number of nitrogens with two attached hydrogens (primary N) is 1. The van der Waals surface area contributed by atoms with Crippen molar-refractivity contribution >= 4 is 5.71 Å². The molecule has 0 amide bonds. The van der Waals surface area contributed by atoms with Gasteiger partial charge in [0.1, 0.15) is 5.82 Å². The molecule has 2 aromatic rings. The Bertz CT molecular complexity index is 748. The molecular formula is C19H21FN4. The van der Waals surface area contributed by atoms with Gasteiger partial charge in [-0.1, -0.05) is 6.07 Å². The van der Waals surface area contributed by atoms with E-state index in [4.69, 9.17) is 11.1 Å². The van der Waals surface area contributed by atoms with Crippen molar-refractivity contribution in [1.29, 1.82) is 5.41 Å². The molecule has 1 aromatic heterocycles. The zero-order valence-electron chi connectivity index (χ0n) is 13.4.